The number of hydrogen-bond acceptors (Lipinski definition) is 9. The van der Waals surface area contributed by atoms with Gasteiger partial charge >= 0.3 is 23.9 Å². The van der Waals surface area contributed by atoms with Crippen molar-refractivity contribution in [3.63, 3.8) is 0 Å². The number of Topliss-reactive ketones (excluding diaryl/α,β-unsaturated/α-hetero) is 1. The Kier molecular flexibility index (Phi) is 16.8. The van der Waals surface area contributed by atoms with E-state index in [2.05, 4.69) is 18.2 Å². The molecule has 2 saturated carbocycles. The number of carbonyl (C=O) groups excluding carboxylic acids is 4. The van der Waals surface area contributed by atoms with Crippen molar-refractivity contribution in [3.8, 4) is 0 Å². The Hall–Kier alpha value is -2.59. The monoisotopic (exact) mass is 596 g/mol. The van der Waals surface area contributed by atoms with Gasteiger partial charge in [-0.15, -0.1) is 0 Å². The van der Waals surface area contributed by atoms with Gasteiger partial charge < -0.3 is 24.1 Å². The summed E-state index contributed by atoms with van der Waals surface area (Å²) in [6.07, 6.45) is 18.3. The van der Waals surface area contributed by atoms with Crippen LogP contribution in [0.15, 0.2) is 12.2 Å². The number of carboxylic acids is 1. The highest BCUT2D eigenvalue weighted by molar-refractivity contribution is 6.31. The number of ether oxygens (including phenoxy) is 4. The third-order valence-electron chi connectivity index (χ3n) is 8.49. The number of carboxylic acid groups (broad SMARTS) is 1. The molecule has 4 fully saturated rings. The van der Waals surface area contributed by atoms with Crippen LogP contribution in [-0.2, 0) is 42.9 Å². The first-order chi connectivity index (χ1) is 19.7. The van der Waals surface area contributed by atoms with Crippen LogP contribution in [0.25, 0.3) is 0 Å². The standard InChI is InChI=1S/C14H22O3.C11H20O.C4H6O3.C3H4O3/c1-11(2)12(15)17-13-14(9-6-10-16-13)7-4-3-5-8-14;1-10-11(8-5-9-12-10)6-3-2-4-7-11;1-3(5)7-4(2)6;1-2(4)3(5)6/h13H,1,3-10H2,2H3;10H,2-9H2,1H3;1-2H3;1H3,(H,5,6). The van der Waals surface area contributed by atoms with Crippen LogP contribution in [0.1, 0.15) is 125 Å². The van der Waals surface area contributed by atoms with Gasteiger partial charge in [-0.05, 0) is 70.6 Å². The molecular formula is C32H52O10. The highest BCUT2D eigenvalue weighted by atomic mass is 16.7. The van der Waals surface area contributed by atoms with Crippen LogP contribution in [0.4, 0.5) is 0 Å². The van der Waals surface area contributed by atoms with E-state index < -0.39 is 23.7 Å². The second-order valence-corrected chi connectivity index (χ2v) is 11.9. The zero-order valence-corrected chi connectivity index (χ0v) is 26.3. The zero-order valence-electron chi connectivity index (χ0n) is 26.3. The van der Waals surface area contributed by atoms with Crippen molar-refractivity contribution in [1.82, 2.24) is 0 Å². The van der Waals surface area contributed by atoms with E-state index in [1.165, 1.54) is 78.1 Å². The molecular weight excluding hydrogens is 544 g/mol. The van der Waals surface area contributed by atoms with Gasteiger partial charge in [0.2, 0.25) is 12.1 Å². The predicted molar refractivity (Wildman–Crippen MR) is 156 cm³/mol. The van der Waals surface area contributed by atoms with Gasteiger partial charge in [0.25, 0.3) is 0 Å². The molecule has 42 heavy (non-hydrogen) atoms. The fourth-order valence-electron chi connectivity index (χ4n) is 6.19. The quantitative estimate of drug-likeness (QED) is 0.176. The summed E-state index contributed by atoms with van der Waals surface area (Å²) < 4.78 is 20.9. The van der Waals surface area contributed by atoms with Crippen molar-refractivity contribution < 1.29 is 48.0 Å². The fourth-order valence-corrected chi connectivity index (χ4v) is 6.19. The molecule has 10 heteroatoms. The largest absolute Gasteiger partial charge is 0.476 e. The number of carbonyl (C=O) groups is 5. The highest BCUT2D eigenvalue weighted by Gasteiger charge is 2.45. The van der Waals surface area contributed by atoms with Crippen LogP contribution >= 0.6 is 0 Å². The first-order valence-electron chi connectivity index (χ1n) is 15.3. The molecule has 2 aliphatic heterocycles. The summed E-state index contributed by atoms with van der Waals surface area (Å²) in [5.74, 6) is -3.65. The van der Waals surface area contributed by atoms with Gasteiger partial charge in [0.1, 0.15) is 0 Å². The van der Waals surface area contributed by atoms with E-state index in [0.717, 1.165) is 39.2 Å². The molecule has 2 atom stereocenters. The summed E-state index contributed by atoms with van der Waals surface area (Å²) in [6.45, 7) is 12.7. The Labute approximate surface area is 250 Å². The molecule has 2 spiro atoms. The molecule has 0 amide bonds. The summed E-state index contributed by atoms with van der Waals surface area (Å²) in [4.78, 5) is 50.2. The first kappa shape index (κ1) is 37.4. The lowest BCUT2D eigenvalue weighted by Crippen LogP contribution is -2.45. The Morgan fingerprint density at radius 3 is 1.48 bits per heavy atom. The average Bonchev–Trinajstić information content (AvgIpc) is 2.93. The maximum absolute atomic E-state index is 11.6. The van der Waals surface area contributed by atoms with Crippen molar-refractivity contribution in [2.24, 2.45) is 10.8 Å². The van der Waals surface area contributed by atoms with Crippen LogP contribution in [-0.4, -0.2) is 60.4 Å². The lowest BCUT2D eigenvalue weighted by atomic mass is 9.67. The average molecular weight is 597 g/mol. The molecule has 4 rings (SSSR count). The Morgan fingerprint density at radius 1 is 0.690 bits per heavy atom. The van der Waals surface area contributed by atoms with Crippen LogP contribution in [0.2, 0.25) is 0 Å². The van der Waals surface area contributed by atoms with Crippen LogP contribution in [0, 0.1) is 10.8 Å². The van der Waals surface area contributed by atoms with Crippen molar-refractivity contribution in [1.29, 1.82) is 0 Å². The number of rotatable bonds is 3. The minimum Gasteiger partial charge on any atom is -0.476 e. The summed E-state index contributed by atoms with van der Waals surface area (Å²) in [6, 6.07) is 0. The summed E-state index contributed by atoms with van der Waals surface area (Å²) in [5.41, 5.74) is 1.13. The second kappa shape index (κ2) is 18.8. The highest BCUT2D eigenvalue weighted by Crippen LogP contribution is 2.47. The minimum absolute atomic E-state index is 0.0849. The van der Waals surface area contributed by atoms with Gasteiger partial charge in [0, 0.05) is 38.4 Å². The number of ketones is 1. The third-order valence-corrected chi connectivity index (χ3v) is 8.49. The lowest BCUT2D eigenvalue weighted by Gasteiger charge is -2.45. The van der Waals surface area contributed by atoms with E-state index in [1.54, 1.807) is 6.92 Å². The fraction of sp³-hybridized carbons (Fsp3) is 0.781. The Morgan fingerprint density at radius 2 is 1.10 bits per heavy atom. The van der Waals surface area contributed by atoms with E-state index in [1.807, 2.05) is 0 Å². The van der Waals surface area contributed by atoms with E-state index in [-0.39, 0.29) is 17.7 Å². The zero-order chi connectivity index (χ0) is 31.8. The molecule has 0 aromatic heterocycles. The molecule has 2 heterocycles. The molecule has 2 aliphatic carbocycles. The minimum atomic E-state index is -1.38. The molecule has 10 nitrogen and oxygen atoms in total. The summed E-state index contributed by atoms with van der Waals surface area (Å²) >= 11 is 0. The Balaban J connectivity index is 0.000000307. The van der Waals surface area contributed by atoms with Crippen molar-refractivity contribution in [2.45, 2.75) is 137 Å². The first-order valence-corrected chi connectivity index (χ1v) is 15.3. The van der Waals surface area contributed by atoms with E-state index >= 15 is 0 Å². The van der Waals surface area contributed by atoms with Gasteiger partial charge in [-0.2, -0.15) is 0 Å². The SMILES string of the molecule is C=C(C)C(=O)OC1OCCCC12CCCCC2.CC(=O)C(=O)O.CC(=O)OC(C)=O.CC1OCCCC12CCCCC2. The molecule has 240 valence electrons. The number of aliphatic carboxylic acids is 1. The van der Waals surface area contributed by atoms with Crippen molar-refractivity contribution >= 4 is 29.7 Å². The van der Waals surface area contributed by atoms with Gasteiger partial charge in [-0.1, -0.05) is 45.1 Å². The van der Waals surface area contributed by atoms with Gasteiger partial charge in [-0.25, -0.2) is 9.59 Å². The molecule has 1 N–H and O–H groups in total. The summed E-state index contributed by atoms with van der Waals surface area (Å²) in [7, 11) is 0. The Bertz CT molecular complexity index is 872. The van der Waals surface area contributed by atoms with E-state index in [0.29, 0.717) is 23.7 Å². The maximum Gasteiger partial charge on any atom is 0.371 e. The predicted octanol–water partition coefficient (Wildman–Crippen LogP) is 6.08. The third kappa shape index (κ3) is 13.2. The molecule has 0 radical (unpaired) electrons. The van der Waals surface area contributed by atoms with Gasteiger partial charge in [-0.3, -0.25) is 14.4 Å². The second-order valence-electron chi connectivity index (χ2n) is 11.9. The molecule has 2 saturated heterocycles. The smallest absolute Gasteiger partial charge is 0.371 e. The number of esters is 3. The van der Waals surface area contributed by atoms with Gasteiger partial charge in [0.05, 0.1) is 12.7 Å². The van der Waals surface area contributed by atoms with Gasteiger partial charge in [0.15, 0.2) is 0 Å². The topological polar surface area (TPSA) is 142 Å². The van der Waals surface area contributed by atoms with Crippen LogP contribution in [0.5, 0.6) is 0 Å². The van der Waals surface area contributed by atoms with E-state index in [9.17, 15) is 24.0 Å². The van der Waals surface area contributed by atoms with Crippen molar-refractivity contribution in [2.75, 3.05) is 13.2 Å². The van der Waals surface area contributed by atoms with Crippen LogP contribution in [0.3, 0.4) is 0 Å². The summed E-state index contributed by atoms with van der Waals surface area (Å²) in [5, 5.41) is 7.64. The molecule has 0 aromatic carbocycles. The molecule has 2 unspecified atom stereocenters. The number of hydrogen-bond donors (Lipinski definition) is 1. The molecule has 4 aliphatic rings. The normalized spacial score (nSPS) is 23.6. The van der Waals surface area contributed by atoms with Crippen molar-refractivity contribution in [3.05, 3.63) is 12.2 Å². The molecule has 0 aromatic rings. The molecule has 0 bridgehead atoms. The maximum atomic E-state index is 11.6. The lowest BCUT2D eigenvalue weighted by molar-refractivity contribution is -0.232. The van der Waals surface area contributed by atoms with E-state index in [4.69, 9.17) is 19.3 Å². The van der Waals surface area contributed by atoms with Crippen LogP contribution < -0.4 is 0 Å².